The number of ether oxygens (including phenoxy) is 1. The van der Waals surface area contributed by atoms with Crippen molar-refractivity contribution >= 4 is 0 Å². The molecule has 0 bridgehead atoms. The Morgan fingerprint density at radius 3 is 2.67 bits per heavy atom. The fraction of sp³-hybridized carbons (Fsp3) is 0.538. The molecular weight excluding hydrogens is 186 g/mol. The van der Waals surface area contributed by atoms with Gasteiger partial charge >= 0.3 is 0 Å². The number of hydrogen-bond acceptors (Lipinski definition) is 2. The number of likely N-dealkylation sites (tertiary alicyclic amines) is 1. The molecule has 0 aromatic heterocycles. The van der Waals surface area contributed by atoms with Crippen molar-refractivity contribution in [1.82, 2.24) is 4.90 Å². The van der Waals surface area contributed by atoms with Crippen LogP contribution in [0.4, 0.5) is 0 Å². The largest absolute Gasteiger partial charge is 0.379 e. The Hall–Kier alpha value is -0.860. The summed E-state index contributed by atoms with van der Waals surface area (Å²) in [6, 6.07) is 10.7. The van der Waals surface area contributed by atoms with E-state index in [1.165, 1.54) is 18.5 Å². The van der Waals surface area contributed by atoms with Crippen LogP contribution < -0.4 is 0 Å². The van der Waals surface area contributed by atoms with Crippen LogP contribution in [-0.2, 0) is 4.74 Å². The molecule has 1 aromatic rings. The Balaban J connectivity index is 2.14. The highest BCUT2D eigenvalue weighted by Gasteiger charge is 2.28. The molecule has 2 heteroatoms. The van der Waals surface area contributed by atoms with Gasteiger partial charge in [0, 0.05) is 19.6 Å². The van der Waals surface area contributed by atoms with Crippen LogP contribution in [0.15, 0.2) is 30.3 Å². The van der Waals surface area contributed by atoms with Crippen molar-refractivity contribution in [3.05, 3.63) is 35.9 Å². The van der Waals surface area contributed by atoms with Gasteiger partial charge in [0.2, 0.25) is 0 Å². The average molecular weight is 205 g/mol. The molecule has 0 aliphatic carbocycles. The number of piperidine rings is 1. The highest BCUT2D eigenvalue weighted by molar-refractivity contribution is 5.21. The van der Waals surface area contributed by atoms with E-state index in [-0.39, 0.29) is 0 Å². The monoisotopic (exact) mass is 205 g/mol. The molecule has 0 spiro atoms. The minimum atomic E-state index is 0.339. The fourth-order valence-corrected chi connectivity index (χ4v) is 2.39. The molecule has 0 radical (unpaired) electrons. The van der Waals surface area contributed by atoms with Gasteiger partial charge in [0.25, 0.3) is 0 Å². The Labute approximate surface area is 91.9 Å². The summed E-state index contributed by atoms with van der Waals surface area (Å²) in [6.07, 6.45) is 1.53. The van der Waals surface area contributed by atoms with Crippen LogP contribution in [0.2, 0.25) is 0 Å². The van der Waals surface area contributed by atoms with Crippen LogP contribution in [0.1, 0.15) is 17.9 Å². The average Bonchev–Trinajstić information content (AvgIpc) is 2.30. The molecule has 1 heterocycles. The third-order valence-corrected chi connectivity index (χ3v) is 3.29. The van der Waals surface area contributed by atoms with Gasteiger partial charge in [0.1, 0.15) is 0 Å². The lowest BCUT2D eigenvalue weighted by atomic mass is 9.87. The van der Waals surface area contributed by atoms with E-state index >= 15 is 0 Å². The van der Waals surface area contributed by atoms with Crippen molar-refractivity contribution in [2.24, 2.45) is 0 Å². The minimum Gasteiger partial charge on any atom is -0.379 e. The Morgan fingerprint density at radius 1 is 1.27 bits per heavy atom. The van der Waals surface area contributed by atoms with E-state index in [4.69, 9.17) is 4.74 Å². The second-order valence-corrected chi connectivity index (χ2v) is 4.34. The van der Waals surface area contributed by atoms with Gasteiger partial charge in [0.05, 0.1) is 6.10 Å². The lowest BCUT2D eigenvalue weighted by Gasteiger charge is -2.36. The second kappa shape index (κ2) is 4.77. The Kier molecular flexibility index (Phi) is 3.39. The molecule has 1 aliphatic heterocycles. The molecule has 1 aliphatic rings. The molecule has 2 unspecified atom stereocenters. The van der Waals surface area contributed by atoms with Gasteiger partial charge in [-0.15, -0.1) is 0 Å². The van der Waals surface area contributed by atoms with Gasteiger partial charge in [-0.05, 0) is 25.6 Å². The maximum Gasteiger partial charge on any atom is 0.0766 e. The van der Waals surface area contributed by atoms with E-state index in [2.05, 4.69) is 42.3 Å². The molecule has 0 N–H and O–H groups in total. The van der Waals surface area contributed by atoms with Crippen molar-refractivity contribution in [2.45, 2.75) is 18.4 Å². The molecule has 1 fully saturated rings. The van der Waals surface area contributed by atoms with Gasteiger partial charge in [-0.2, -0.15) is 0 Å². The van der Waals surface area contributed by atoms with Crippen LogP contribution in [0.3, 0.4) is 0 Å². The van der Waals surface area contributed by atoms with Crippen molar-refractivity contribution in [3.8, 4) is 0 Å². The molecule has 2 nitrogen and oxygen atoms in total. The highest BCUT2D eigenvalue weighted by Crippen LogP contribution is 2.29. The maximum atomic E-state index is 5.59. The minimum absolute atomic E-state index is 0.339. The van der Waals surface area contributed by atoms with E-state index < -0.39 is 0 Å². The first-order valence-electron chi connectivity index (χ1n) is 5.57. The van der Waals surface area contributed by atoms with E-state index in [1.54, 1.807) is 0 Å². The number of rotatable bonds is 2. The van der Waals surface area contributed by atoms with Crippen molar-refractivity contribution in [2.75, 3.05) is 27.2 Å². The number of benzene rings is 1. The molecule has 1 aromatic carbocycles. The molecule has 0 saturated carbocycles. The van der Waals surface area contributed by atoms with Crippen LogP contribution in [0.25, 0.3) is 0 Å². The van der Waals surface area contributed by atoms with Crippen LogP contribution in [0, 0.1) is 0 Å². The van der Waals surface area contributed by atoms with Crippen LogP contribution >= 0.6 is 0 Å². The third kappa shape index (κ3) is 2.39. The summed E-state index contributed by atoms with van der Waals surface area (Å²) < 4.78 is 5.59. The molecule has 0 amide bonds. The molecular formula is C13H19NO. The maximum absolute atomic E-state index is 5.59. The number of methoxy groups -OCH3 is 1. The molecule has 1 saturated heterocycles. The first kappa shape index (κ1) is 10.7. The predicted molar refractivity (Wildman–Crippen MR) is 62.1 cm³/mol. The van der Waals surface area contributed by atoms with Crippen molar-refractivity contribution < 1.29 is 4.74 Å². The lowest BCUT2D eigenvalue weighted by molar-refractivity contribution is 0.0233. The smallest absolute Gasteiger partial charge is 0.0766 e. The van der Waals surface area contributed by atoms with E-state index in [1.807, 2.05) is 7.11 Å². The first-order valence-corrected chi connectivity index (χ1v) is 5.57. The quantitative estimate of drug-likeness (QED) is 0.733. The van der Waals surface area contributed by atoms with Gasteiger partial charge < -0.3 is 9.64 Å². The summed E-state index contributed by atoms with van der Waals surface area (Å²) in [6.45, 7) is 2.20. The summed E-state index contributed by atoms with van der Waals surface area (Å²) in [5, 5.41) is 0. The lowest BCUT2D eigenvalue weighted by Crippen LogP contribution is -2.41. The number of nitrogens with zero attached hydrogens (tertiary/aromatic N) is 1. The zero-order valence-electron chi connectivity index (χ0n) is 9.52. The van der Waals surface area contributed by atoms with E-state index in [9.17, 15) is 0 Å². The molecule has 82 valence electrons. The molecule has 15 heavy (non-hydrogen) atoms. The summed E-state index contributed by atoms with van der Waals surface area (Å²) >= 11 is 0. The fourth-order valence-electron chi connectivity index (χ4n) is 2.39. The van der Waals surface area contributed by atoms with E-state index in [0.717, 1.165) is 6.54 Å². The van der Waals surface area contributed by atoms with Crippen molar-refractivity contribution in [1.29, 1.82) is 0 Å². The normalized spacial score (nSPS) is 27.9. The molecule has 2 rings (SSSR count). The highest BCUT2D eigenvalue weighted by atomic mass is 16.5. The van der Waals surface area contributed by atoms with Crippen molar-refractivity contribution in [3.63, 3.8) is 0 Å². The first-order chi connectivity index (χ1) is 7.31. The summed E-state index contributed by atoms with van der Waals surface area (Å²) in [5.41, 5.74) is 1.41. The predicted octanol–water partition coefficient (Wildman–Crippen LogP) is 2.12. The SMILES string of the molecule is COC1CN(C)CCC1c1ccccc1. The second-order valence-electron chi connectivity index (χ2n) is 4.34. The summed E-state index contributed by atoms with van der Waals surface area (Å²) in [4.78, 5) is 2.34. The molecule has 2 atom stereocenters. The summed E-state index contributed by atoms with van der Waals surface area (Å²) in [5.74, 6) is 0.562. The Bertz CT molecular complexity index is 299. The zero-order chi connectivity index (χ0) is 10.7. The number of likely N-dealkylation sites (N-methyl/N-ethyl adjacent to an activating group) is 1. The summed E-state index contributed by atoms with van der Waals surface area (Å²) in [7, 11) is 3.98. The van der Waals surface area contributed by atoms with Gasteiger partial charge in [-0.1, -0.05) is 30.3 Å². The van der Waals surface area contributed by atoms with Gasteiger partial charge in [-0.3, -0.25) is 0 Å². The van der Waals surface area contributed by atoms with E-state index in [0.29, 0.717) is 12.0 Å². The topological polar surface area (TPSA) is 12.5 Å². The standard InChI is InChI=1S/C13H19NO/c1-14-9-8-12(13(10-14)15-2)11-6-4-3-5-7-11/h3-7,12-13H,8-10H2,1-2H3. The third-order valence-electron chi connectivity index (χ3n) is 3.29. The van der Waals surface area contributed by atoms with Crippen LogP contribution in [-0.4, -0.2) is 38.3 Å². The zero-order valence-corrected chi connectivity index (χ0v) is 9.52. The Morgan fingerprint density at radius 2 is 2.00 bits per heavy atom. The number of hydrogen-bond donors (Lipinski definition) is 0. The van der Waals surface area contributed by atoms with Crippen LogP contribution in [0.5, 0.6) is 0 Å². The van der Waals surface area contributed by atoms with Gasteiger partial charge in [-0.25, -0.2) is 0 Å². The van der Waals surface area contributed by atoms with Gasteiger partial charge in [0.15, 0.2) is 0 Å².